The molecule has 0 aromatic carbocycles. The van der Waals surface area contributed by atoms with Gasteiger partial charge < -0.3 is 5.32 Å². The maximum Gasteiger partial charge on any atom is 0.226 e. The van der Waals surface area contributed by atoms with Crippen LogP contribution in [0.4, 0.5) is 0 Å². The second-order valence-corrected chi connectivity index (χ2v) is 8.75. The summed E-state index contributed by atoms with van der Waals surface area (Å²) >= 11 is 3.52. The molecule has 1 aliphatic carbocycles. The first kappa shape index (κ1) is 18.0. The van der Waals surface area contributed by atoms with Crippen molar-refractivity contribution in [2.24, 2.45) is 16.7 Å². The molecule has 1 fully saturated rings. The van der Waals surface area contributed by atoms with E-state index in [2.05, 4.69) is 55.9 Å². The molecule has 0 aliphatic heterocycles. The lowest BCUT2D eigenvalue weighted by molar-refractivity contribution is -0.133. The molecule has 0 heterocycles. The Morgan fingerprint density at radius 3 is 2.20 bits per heavy atom. The van der Waals surface area contributed by atoms with Gasteiger partial charge in [0.1, 0.15) is 0 Å². The fourth-order valence-corrected chi connectivity index (χ4v) is 3.96. The molecule has 2 nitrogen and oxygen atoms in total. The molecule has 1 rings (SSSR count). The third kappa shape index (κ3) is 4.75. The summed E-state index contributed by atoms with van der Waals surface area (Å²) in [7, 11) is 0. The normalized spacial score (nSPS) is 20.1. The van der Waals surface area contributed by atoms with E-state index in [-0.39, 0.29) is 16.9 Å². The second-order valence-electron chi connectivity index (χ2n) is 7.96. The Morgan fingerprint density at radius 1 is 1.25 bits per heavy atom. The van der Waals surface area contributed by atoms with Gasteiger partial charge in [0.25, 0.3) is 0 Å². The standard InChI is InChI=1S/C17H32BrNO/c1-13(2)12-17(9-6-7-10-17)15(20)19-14(8-11-18)16(3,4)5/h13-14H,6-12H2,1-5H3,(H,19,20). The summed E-state index contributed by atoms with van der Waals surface area (Å²) in [5.41, 5.74) is 0.0189. The van der Waals surface area contributed by atoms with Gasteiger partial charge in [-0.05, 0) is 37.0 Å². The summed E-state index contributed by atoms with van der Waals surface area (Å²) in [6, 6.07) is 0.249. The predicted octanol–water partition coefficient (Wildman–Crippen LogP) is 4.91. The first-order chi connectivity index (χ1) is 9.21. The van der Waals surface area contributed by atoms with Crippen molar-refractivity contribution in [3.8, 4) is 0 Å². The largest absolute Gasteiger partial charge is 0.352 e. The van der Waals surface area contributed by atoms with Crippen LogP contribution in [0.15, 0.2) is 0 Å². The second kappa shape index (κ2) is 7.29. The van der Waals surface area contributed by atoms with E-state index < -0.39 is 0 Å². The van der Waals surface area contributed by atoms with Gasteiger partial charge in [0.05, 0.1) is 0 Å². The average Bonchev–Trinajstić information content (AvgIpc) is 2.76. The van der Waals surface area contributed by atoms with Crippen molar-refractivity contribution in [3.05, 3.63) is 0 Å². The summed E-state index contributed by atoms with van der Waals surface area (Å²) in [6.45, 7) is 11.1. The third-order valence-electron chi connectivity index (χ3n) is 4.59. The van der Waals surface area contributed by atoms with E-state index in [1.54, 1.807) is 0 Å². The Labute approximate surface area is 133 Å². The van der Waals surface area contributed by atoms with Crippen LogP contribution in [0.25, 0.3) is 0 Å². The van der Waals surface area contributed by atoms with Crippen LogP contribution in [0, 0.1) is 16.7 Å². The molecule has 1 aliphatic rings. The van der Waals surface area contributed by atoms with Crippen LogP contribution in [0.2, 0.25) is 0 Å². The number of hydrogen-bond donors (Lipinski definition) is 1. The number of carbonyl (C=O) groups is 1. The van der Waals surface area contributed by atoms with Crippen molar-refractivity contribution >= 4 is 21.8 Å². The summed E-state index contributed by atoms with van der Waals surface area (Å²) in [5.74, 6) is 0.896. The molecule has 1 saturated carbocycles. The minimum absolute atomic E-state index is 0.0933. The summed E-state index contributed by atoms with van der Waals surface area (Å²) < 4.78 is 0. The molecule has 1 amide bonds. The van der Waals surface area contributed by atoms with Gasteiger partial charge in [0.2, 0.25) is 5.91 Å². The van der Waals surface area contributed by atoms with E-state index in [0.717, 1.165) is 31.0 Å². The molecule has 3 heteroatoms. The van der Waals surface area contributed by atoms with Crippen LogP contribution in [0.5, 0.6) is 0 Å². The van der Waals surface area contributed by atoms with E-state index in [1.165, 1.54) is 12.8 Å². The van der Waals surface area contributed by atoms with Crippen LogP contribution >= 0.6 is 15.9 Å². The first-order valence-corrected chi connectivity index (χ1v) is 9.20. The quantitative estimate of drug-likeness (QED) is 0.681. The minimum Gasteiger partial charge on any atom is -0.352 e. The minimum atomic E-state index is -0.0933. The molecule has 0 spiro atoms. The van der Waals surface area contributed by atoms with Crippen molar-refractivity contribution < 1.29 is 4.79 Å². The molecule has 0 aromatic heterocycles. The van der Waals surface area contributed by atoms with Crippen LogP contribution < -0.4 is 5.32 Å². The number of halogens is 1. The molecule has 0 saturated heterocycles. The monoisotopic (exact) mass is 345 g/mol. The van der Waals surface area contributed by atoms with E-state index in [9.17, 15) is 4.79 Å². The topological polar surface area (TPSA) is 29.1 Å². The van der Waals surface area contributed by atoms with E-state index in [4.69, 9.17) is 0 Å². The lowest BCUT2D eigenvalue weighted by atomic mass is 9.76. The van der Waals surface area contributed by atoms with Gasteiger partial charge in [0.15, 0.2) is 0 Å². The average molecular weight is 346 g/mol. The van der Waals surface area contributed by atoms with E-state index in [1.807, 2.05) is 0 Å². The molecule has 1 N–H and O–H groups in total. The summed E-state index contributed by atoms with van der Waals surface area (Å²) in [6.07, 6.45) is 6.58. The van der Waals surface area contributed by atoms with Crippen LogP contribution in [-0.2, 0) is 4.79 Å². The highest BCUT2D eigenvalue weighted by Gasteiger charge is 2.42. The number of rotatable bonds is 6. The number of carbonyl (C=O) groups excluding carboxylic acids is 1. The van der Waals surface area contributed by atoms with E-state index >= 15 is 0 Å². The van der Waals surface area contributed by atoms with Gasteiger partial charge in [0, 0.05) is 16.8 Å². The molecule has 1 atom stereocenters. The zero-order valence-corrected chi connectivity index (χ0v) is 15.5. The van der Waals surface area contributed by atoms with Gasteiger partial charge in [-0.3, -0.25) is 4.79 Å². The predicted molar refractivity (Wildman–Crippen MR) is 90.2 cm³/mol. The molecular weight excluding hydrogens is 314 g/mol. The number of alkyl halides is 1. The zero-order chi connectivity index (χ0) is 15.4. The Kier molecular flexibility index (Phi) is 6.56. The zero-order valence-electron chi connectivity index (χ0n) is 13.9. The molecule has 0 radical (unpaired) electrons. The Hall–Kier alpha value is -0.0500. The fourth-order valence-electron chi connectivity index (χ4n) is 3.50. The molecular formula is C17H32BrNO. The van der Waals surface area contributed by atoms with Gasteiger partial charge >= 0.3 is 0 Å². The Bertz CT molecular complexity index is 313. The maximum absolute atomic E-state index is 12.9. The summed E-state index contributed by atoms with van der Waals surface area (Å²) in [5, 5.41) is 4.31. The van der Waals surface area contributed by atoms with Gasteiger partial charge in [-0.1, -0.05) is 63.4 Å². The van der Waals surface area contributed by atoms with Crippen molar-refractivity contribution in [3.63, 3.8) is 0 Å². The van der Waals surface area contributed by atoms with Gasteiger partial charge in [-0.25, -0.2) is 0 Å². The highest BCUT2D eigenvalue weighted by molar-refractivity contribution is 9.09. The fraction of sp³-hybridized carbons (Fsp3) is 0.941. The smallest absolute Gasteiger partial charge is 0.226 e. The highest BCUT2D eigenvalue weighted by atomic mass is 79.9. The van der Waals surface area contributed by atoms with E-state index in [0.29, 0.717) is 11.8 Å². The van der Waals surface area contributed by atoms with Crippen molar-refractivity contribution in [1.29, 1.82) is 0 Å². The lowest BCUT2D eigenvalue weighted by Crippen LogP contribution is -2.50. The van der Waals surface area contributed by atoms with Crippen LogP contribution in [0.3, 0.4) is 0 Å². The first-order valence-electron chi connectivity index (χ1n) is 8.08. The Balaban J connectivity index is 2.79. The molecule has 20 heavy (non-hydrogen) atoms. The highest BCUT2D eigenvalue weighted by Crippen LogP contribution is 2.43. The number of nitrogens with one attached hydrogen (secondary N) is 1. The third-order valence-corrected chi connectivity index (χ3v) is 5.05. The molecule has 1 unspecified atom stereocenters. The van der Waals surface area contributed by atoms with Crippen molar-refractivity contribution in [2.75, 3.05) is 5.33 Å². The Morgan fingerprint density at radius 2 is 1.80 bits per heavy atom. The summed E-state index contributed by atoms with van der Waals surface area (Å²) in [4.78, 5) is 12.9. The van der Waals surface area contributed by atoms with Crippen molar-refractivity contribution in [1.82, 2.24) is 5.32 Å². The van der Waals surface area contributed by atoms with Crippen LogP contribution in [-0.4, -0.2) is 17.3 Å². The number of hydrogen-bond acceptors (Lipinski definition) is 1. The molecule has 0 aromatic rings. The molecule has 0 bridgehead atoms. The number of amides is 1. The van der Waals surface area contributed by atoms with Crippen LogP contribution in [0.1, 0.15) is 73.1 Å². The van der Waals surface area contributed by atoms with Crippen molar-refractivity contribution in [2.45, 2.75) is 79.2 Å². The lowest BCUT2D eigenvalue weighted by Gasteiger charge is -2.36. The van der Waals surface area contributed by atoms with Gasteiger partial charge in [-0.2, -0.15) is 0 Å². The van der Waals surface area contributed by atoms with Gasteiger partial charge in [-0.15, -0.1) is 0 Å². The molecule has 118 valence electrons. The SMILES string of the molecule is CC(C)CC1(C(=O)NC(CCBr)C(C)(C)C)CCCC1. The maximum atomic E-state index is 12.9.